The number of nitrogens with one attached hydrogen (secondary N) is 1. The molecule has 4 rings (SSSR count). The number of nitrogens with zero attached hydrogens (tertiary/aromatic N) is 1. The lowest BCUT2D eigenvalue weighted by atomic mass is 9.99. The van der Waals surface area contributed by atoms with Crippen molar-refractivity contribution < 1.29 is 14.4 Å². The van der Waals surface area contributed by atoms with Crippen molar-refractivity contribution in [3.8, 4) is 5.75 Å². The van der Waals surface area contributed by atoms with E-state index < -0.39 is 0 Å². The first-order chi connectivity index (χ1) is 14.6. The van der Waals surface area contributed by atoms with E-state index in [4.69, 9.17) is 4.74 Å². The molecule has 3 aromatic carbocycles. The van der Waals surface area contributed by atoms with Crippen molar-refractivity contribution in [3.05, 3.63) is 83.9 Å². The minimum Gasteiger partial charge on any atom is -0.497 e. The van der Waals surface area contributed by atoms with Crippen LogP contribution in [-0.2, 0) is 11.3 Å². The number of hydrogen-bond donors (Lipinski definition) is 1. The molecule has 4 nitrogen and oxygen atoms in total. The zero-order valence-electron chi connectivity index (χ0n) is 17.7. The van der Waals surface area contributed by atoms with E-state index in [1.807, 2.05) is 23.1 Å². The molecular weight excluding hydrogens is 372 g/mol. The van der Waals surface area contributed by atoms with Crippen LogP contribution in [-0.4, -0.2) is 44.6 Å². The van der Waals surface area contributed by atoms with Gasteiger partial charge in [-0.1, -0.05) is 54.6 Å². The summed E-state index contributed by atoms with van der Waals surface area (Å²) in [5.74, 6) is 1.09. The smallest absolute Gasteiger partial charge is 0.278 e. The number of benzene rings is 3. The summed E-state index contributed by atoms with van der Waals surface area (Å²) in [6.07, 6.45) is 3.12. The minimum absolute atomic E-state index is 0.224. The lowest BCUT2D eigenvalue weighted by Crippen LogP contribution is -3.08. The highest BCUT2D eigenvalue weighted by atomic mass is 16.5. The maximum atomic E-state index is 12.8. The van der Waals surface area contributed by atoms with Gasteiger partial charge < -0.3 is 14.5 Å². The topological polar surface area (TPSA) is 34.0 Å². The third kappa shape index (κ3) is 4.71. The molecule has 1 aliphatic heterocycles. The zero-order chi connectivity index (χ0) is 20.9. The number of carbonyl (C=O) groups excluding carboxylic acids is 1. The normalized spacial score (nSPS) is 15.0. The van der Waals surface area contributed by atoms with Gasteiger partial charge in [0.15, 0.2) is 6.54 Å². The molecule has 0 saturated heterocycles. The zero-order valence-corrected chi connectivity index (χ0v) is 17.7. The number of ether oxygens (including phenoxy) is 1. The molecule has 3 aromatic rings. The summed E-state index contributed by atoms with van der Waals surface area (Å²) in [6, 6.07) is 23.0. The number of methoxy groups -OCH3 is 1. The first-order valence-corrected chi connectivity index (χ1v) is 10.5. The lowest BCUT2D eigenvalue weighted by Gasteiger charge is -2.27. The van der Waals surface area contributed by atoms with Gasteiger partial charge in [-0.2, -0.15) is 0 Å². The van der Waals surface area contributed by atoms with Crippen LogP contribution >= 0.6 is 0 Å². The third-order valence-corrected chi connectivity index (χ3v) is 5.78. The summed E-state index contributed by atoms with van der Waals surface area (Å²) >= 11 is 0. The van der Waals surface area contributed by atoms with Crippen LogP contribution in [0.5, 0.6) is 5.75 Å². The molecule has 0 aromatic heterocycles. The minimum atomic E-state index is 0.224. The molecule has 0 aliphatic carbocycles. The van der Waals surface area contributed by atoms with Crippen molar-refractivity contribution in [3.63, 3.8) is 0 Å². The predicted molar refractivity (Wildman–Crippen MR) is 122 cm³/mol. The second-order valence-electron chi connectivity index (χ2n) is 8.04. The van der Waals surface area contributed by atoms with Gasteiger partial charge in [0.1, 0.15) is 12.3 Å². The van der Waals surface area contributed by atoms with Crippen LogP contribution in [0.4, 0.5) is 0 Å². The van der Waals surface area contributed by atoms with Crippen LogP contribution in [0.15, 0.2) is 72.8 Å². The van der Waals surface area contributed by atoms with Crippen LogP contribution in [0.25, 0.3) is 16.3 Å². The van der Waals surface area contributed by atoms with Crippen LogP contribution < -0.4 is 9.64 Å². The highest BCUT2D eigenvalue weighted by Crippen LogP contribution is 2.22. The van der Waals surface area contributed by atoms with Gasteiger partial charge in [-0.05, 0) is 46.5 Å². The number of fused-ring (bicyclic) bond motifs is 1. The Bertz CT molecular complexity index is 1060. The van der Waals surface area contributed by atoms with Gasteiger partial charge in [0.25, 0.3) is 5.91 Å². The van der Waals surface area contributed by atoms with E-state index >= 15 is 0 Å². The summed E-state index contributed by atoms with van der Waals surface area (Å²) in [7, 11) is 3.77. The molecule has 1 amide bonds. The molecule has 0 spiro atoms. The average molecular weight is 402 g/mol. The fraction of sp³-hybridized carbons (Fsp3) is 0.269. The van der Waals surface area contributed by atoms with E-state index in [9.17, 15) is 4.79 Å². The van der Waals surface area contributed by atoms with Crippen molar-refractivity contribution in [2.24, 2.45) is 0 Å². The molecule has 0 radical (unpaired) electrons. The third-order valence-electron chi connectivity index (χ3n) is 5.78. The lowest BCUT2D eigenvalue weighted by molar-refractivity contribution is -0.885. The Labute approximate surface area is 178 Å². The van der Waals surface area contributed by atoms with E-state index in [-0.39, 0.29) is 5.91 Å². The molecule has 1 unspecified atom stereocenters. The van der Waals surface area contributed by atoms with E-state index in [0.717, 1.165) is 25.3 Å². The van der Waals surface area contributed by atoms with Crippen LogP contribution in [0, 0.1) is 0 Å². The average Bonchev–Trinajstić information content (AvgIpc) is 2.79. The van der Waals surface area contributed by atoms with Gasteiger partial charge in [-0.3, -0.25) is 4.79 Å². The monoisotopic (exact) mass is 401 g/mol. The maximum absolute atomic E-state index is 12.8. The molecule has 1 heterocycles. The Morgan fingerprint density at radius 2 is 1.80 bits per heavy atom. The molecule has 4 heteroatoms. The van der Waals surface area contributed by atoms with Crippen LogP contribution in [0.1, 0.15) is 17.5 Å². The predicted octanol–water partition coefficient (Wildman–Crippen LogP) is 3.18. The number of carbonyl (C=O) groups is 1. The quantitative estimate of drug-likeness (QED) is 0.688. The molecule has 0 bridgehead atoms. The summed E-state index contributed by atoms with van der Waals surface area (Å²) in [6.45, 7) is 2.83. The molecule has 30 heavy (non-hydrogen) atoms. The SMILES string of the molecule is COc1ccc2cc(C[NH+](C)CC(=O)N3CC=C(c4ccccc4)CC3)ccc2c1. The number of amides is 1. The molecule has 154 valence electrons. The van der Waals surface area contributed by atoms with Gasteiger partial charge in [0, 0.05) is 18.7 Å². The highest BCUT2D eigenvalue weighted by Gasteiger charge is 2.21. The van der Waals surface area contributed by atoms with E-state index in [1.54, 1.807) is 7.11 Å². The van der Waals surface area contributed by atoms with E-state index in [0.29, 0.717) is 13.1 Å². The summed E-state index contributed by atoms with van der Waals surface area (Å²) < 4.78 is 5.30. The van der Waals surface area contributed by atoms with Gasteiger partial charge in [-0.15, -0.1) is 0 Å². The number of likely N-dealkylation sites (N-methyl/N-ethyl adjacent to an activating group) is 1. The molecule has 1 N–H and O–H groups in total. The second kappa shape index (κ2) is 9.14. The van der Waals surface area contributed by atoms with Gasteiger partial charge in [0.05, 0.1) is 14.2 Å². The molecule has 0 saturated carbocycles. The Hall–Kier alpha value is -3.11. The Morgan fingerprint density at radius 1 is 1.03 bits per heavy atom. The molecular formula is C26H29N2O2+. The largest absolute Gasteiger partial charge is 0.497 e. The van der Waals surface area contributed by atoms with Crippen molar-refractivity contribution >= 4 is 22.3 Å². The van der Waals surface area contributed by atoms with Crippen molar-refractivity contribution in [2.45, 2.75) is 13.0 Å². The van der Waals surface area contributed by atoms with E-state index in [2.05, 4.69) is 61.7 Å². The van der Waals surface area contributed by atoms with Crippen LogP contribution in [0.3, 0.4) is 0 Å². The molecule has 1 aliphatic rings. The van der Waals surface area contributed by atoms with Crippen molar-refractivity contribution in [1.82, 2.24) is 4.90 Å². The highest BCUT2D eigenvalue weighted by molar-refractivity contribution is 5.84. The van der Waals surface area contributed by atoms with E-state index in [1.165, 1.54) is 32.4 Å². The van der Waals surface area contributed by atoms with Gasteiger partial charge >= 0.3 is 0 Å². The fourth-order valence-electron chi connectivity index (χ4n) is 4.10. The number of rotatable bonds is 6. The summed E-state index contributed by atoms with van der Waals surface area (Å²) in [4.78, 5) is 16.0. The summed E-state index contributed by atoms with van der Waals surface area (Å²) in [5, 5.41) is 2.36. The Morgan fingerprint density at radius 3 is 2.53 bits per heavy atom. The second-order valence-corrected chi connectivity index (χ2v) is 8.04. The standard InChI is InChI=1S/C26H28N2O2/c1-27(18-20-8-9-24-17-25(30-2)11-10-23(24)16-20)19-26(29)28-14-12-22(13-15-28)21-6-4-3-5-7-21/h3-12,16-17H,13-15,18-19H2,1-2H3/p+1. The Kier molecular flexibility index (Phi) is 6.15. The first kappa shape index (κ1) is 20.2. The Balaban J connectivity index is 1.34. The summed E-state index contributed by atoms with van der Waals surface area (Å²) in [5.41, 5.74) is 3.84. The maximum Gasteiger partial charge on any atom is 0.278 e. The molecule has 0 fully saturated rings. The molecule has 1 atom stereocenters. The first-order valence-electron chi connectivity index (χ1n) is 10.5. The number of quaternary nitrogens is 1. The van der Waals surface area contributed by atoms with Gasteiger partial charge in [-0.25, -0.2) is 0 Å². The van der Waals surface area contributed by atoms with Crippen LogP contribution in [0.2, 0.25) is 0 Å². The number of hydrogen-bond acceptors (Lipinski definition) is 2. The van der Waals surface area contributed by atoms with Crippen molar-refractivity contribution in [2.75, 3.05) is 33.8 Å². The fourth-order valence-corrected chi connectivity index (χ4v) is 4.10. The van der Waals surface area contributed by atoms with Gasteiger partial charge in [0.2, 0.25) is 0 Å². The van der Waals surface area contributed by atoms with Crippen molar-refractivity contribution in [1.29, 1.82) is 0 Å².